The van der Waals surface area contributed by atoms with E-state index in [9.17, 15) is 13.2 Å². The number of halogens is 2. The van der Waals surface area contributed by atoms with E-state index in [-0.39, 0.29) is 15.6 Å². The molecule has 2 N–H and O–H groups in total. The summed E-state index contributed by atoms with van der Waals surface area (Å²) in [5.41, 5.74) is 0.523. The van der Waals surface area contributed by atoms with E-state index in [1.54, 1.807) is 5.38 Å². The lowest BCUT2D eigenvalue weighted by molar-refractivity contribution is 0.582. The standard InChI is InChI=1S/C8H6BrClN2O3S3/c9-7-5(10)1-6(17-7)18(14,15)11-2-4-3-16-8(13)12-4/h1,3,11H,2H2,(H,12,13). The smallest absolute Gasteiger partial charge is 0.304 e. The third-order valence-corrected chi connectivity index (χ3v) is 6.98. The van der Waals surface area contributed by atoms with Crippen molar-refractivity contribution >= 4 is 60.2 Å². The molecule has 0 aliphatic rings. The minimum absolute atomic E-state index is 0.0359. The second-order valence-electron chi connectivity index (χ2n) is 3.19. The van der Waals surface area contributed by atoms with E-state index in [1.165, 1.54) is 6.07 Å². The fourth-order valence-electron chi connectivity index (χ4n) is 1.10. The van der Waals surface area contributed by atoms with Crippen LogP contribution in [0.5, 0.6) is 0 Å². The molecule has 0 aromatic carbocycles. The Morgan fingerprint density at radius 1 is 1.50 bits per heavy atom. The van der Waals surface area contributed by atoms with E-state index < -0.39 is 10.0 Å². The van der Waals surface area contributed by atoms with Crippen molar-refractivity contribution < 1.29 is 8.42 Å². The maximum atomic E-state index is 11.9. The van der Waals surface area contributed by atoms with Gasteiger partial charge in [0, 0.05) is 11.1 Å². The lowest BCUT2D eigenvalue weighted by Gasteiger charge is -2.02. The number of rotatable bonds is 4. The summed E-state index contributed by atoms with van der Waals surface area (Å²) in [5.74, 6) is 0. The molecule has 0 aliphatic carbocycles. The second kappa shape index (κ2) is 5.43. The van der Waals surface area contributed by atoms with Crippen molar-refractivity contribution in [1.82, 2.24) is 9.71 Å². The highest BCUT2D eigenvalue weighted by molar-refractivity contribution is 9.11. The Labute approximate surface area is 124 Å². The molecule has 0 spiro atoms. The van der Waals surface area contributed by atoms with Crippen LogP contribution < -0.4 is 9.60 Å². The molecule has 0 saturated carbocycles. The van der Waals surface area contributed by atoms with Crippen LogP contribution in [-0.2, 0) is 16.6 Å². The van der Waals surface area contributed by atoms with E-state index in [1.807, 2.05) is 0 Å². The highest BCUT2D eigenvalue weighted by atomic mass is 79.9. The zero-order chi connectivity index (χ0) is 13.3. The molecular weight excluding hydrogens is 384 g/mol. The summed E-state index contributed by atoms with van der Waals surface area (Å²) >= 11 is 10.9. The van der Waals surface area contributed by atoms with Gasteiger partial charge in [-0.1, -0.05) is 22.9 Å². The first-order valence-corrected chi connectivity index (χ1v) is 8.85. The predicted molar refractivity (Wildman–Crippen MR) is 76.0 cm³/mol. The third kappa shape index (κ3) is 3.22. The average molecular weight is 390 g/mol. The Morgan fingerprint density at radius 3 is 2.72 bits per heavy atom. The normalized spacial score (nSPS) is 11.9. The molecule has 0 atom stereocenters. The van der Waals surface area contributed by atoms with E-state index >= 15 is 0 Å². The van der Waals surface area contributed by atoms with Gasteiger partial charge in [0.2, 0.25) is 10.0 Å². The van der Waals surface area contributed by atoms with Gasteiger partial charge in [-0.3, -0.25) is 4.79 Å². The van der Waals surface area contributed by atoms with Gasteiger partial charge in [0.25, 0.3) is 0 Å². The molecule has 0 unspecified atom stereocenters. The van der Waals surface area contributed by atoms with Crippen molar-refractivity contribution in [3.05, 3.63) is 35.6 Å². The molecule has 0 amide bonds. The maximum Gasteiger partial charge on any atom is 0.304 e. The minimum Gasteiger partial charge on any atom is -0.315 e. The van der Waals surface area contributed by atoms with Gasteiger partial charge in [-0.15, -0.1) is 11.3 Å². The van der Waals surface area contributed by atoms with Crippen LogP contribution in [0.4, 0.5) is 0 Å². The van der Waals surface area contributed by atoms with Crippen molar-refractivity contribution in [3.8, 4) is 0 Å². The number of thiophene rings is 1. The Bertz CT molecular complexity index is 699. The number of thiazole rings is 1. The largest absolute Gasteiger partial charge is 0.315 e. The maximum absolute atomic E-state index is 11.9. The number of aromatic nitrogens is 1. The van der Waals surface area contributed by atoms with Crippen LogP contribution in [0.3, 0.4) is 0 Å². The van der Waals surface area contributed by atoms with Crippen LogP contribution in [0.15, 0.2) is 24.2 Å². The van der Waals surface area contributed by atoms with E-state index in [0.717, 1.165) is 22.7 Å². The van der Waals surface area contributed by atoms with Gasteiger partial charge in [0.1, 0.15) is 4.21 Å². The third-order valence-electron chi connectivity index (χ3n) is 1.91. The fourth-order valence-corrected chi connectivity index (χ4v) is 5.13. The van der Waals surface area contributed by atoms with E-state index in [4.69, 9.17) is 11.6 Å². The number of nitrogens with one attached hydrogen (secondary N) is 2. The van der Waals surface area contributed by atoms with Gasteiger partial charge in [-0.05, 0) is 22.0 Å². The van der Waals surface area contributed by atoms with Gasteiger partial charge in [-0.2, -0.15) is 0 Å². The first kappa shape index (κ1) is 14.2. The second-order valence-corrected chi connectivity index (χ2v) is 8.80. The number of hydrogen-bond acceptors (Lipinski definition) is 5. The van der Waals surface area contributed by atoms with Crippen molar-refractivity contribution in [2.45, 2.75) is 10.8 Å². The van der Waals surface area contributed by atoms with Crippen molar-refractivity contribution in [1.29, 1.82) is 0 Å². The topological polar surface area (TPSA) is 79.0 Å². The van der Waals surface area contributed by atoms with Gasteiger partial charge >= 0.3 is 4.87 Å². The summed E-state index contributed by atoms with van der Waals surface area (Å²) in [4.78, 5) is 13.2. The van der Waals surface area contributed by atoms with Crippen molar-refractivity contribution in [3.63, 3.8) is 0 Å². The highest BCUT2D eigenvalue weighted by Crippen LogP contribution is 2.34. The first-order chi connectivity index (χ1) is 8.38. The first-order valence-electron chi connectivity index (χ1n) is 4.49. The molecule has 5 nitrogen and oxygen atoms in total. The lowest BCUT2D eigenvalue weighted by atomic mass is 10.5. The summed E-state index contributed by atoms with van der Waals surface area (Å²) in [6.07, 6.45) is 0. The summed E-state index contributed by atoms with van der Waals surface area (Å²) in [6, 6.07) is 1.37. The van der Waals surface area contributed by atoms with Crippen LogP contribution in [-0.4, -0.2) is 13.4 Å². The van der Waals surface area contributed by atoms with E-state index in [2.05, 4.69) is 25.6 Å². The van der Waals surface area contributed by atoms with Crippen LogP contribution in [0.1, 0.15) is 5.69 Å². The zero-order valence-electron chi connectivity index (χ0n) is 8.57. The summed E-state index contributed by atoms with van der Waals surface area (Å²) in [7, 11) is -3.61. The van der Waals surface area contributed by atoms with E-state index in [0.29, 0.717) is 14.5 Å². The molecule has 0 fully saturated rings. The van der Waals surface area contributed by atoms with Crippen LogP contribution in [0, 0.1) is 0 Å². The van der Waals surface area contributed by atoms with Gasteiger partial charge < -0.3 is 4.98 Å². The van der Waals surface area contributed by atoms with Crippen molar-refractivity contribution in [2.75, 3.05) is 0 Å². The number of aromatic amines is 1. The molecule has 0 aliphatic heterocycles. The minimum atomic E-state index is -3.61. The molecule has 2 aromatic heterocycles. The van der Waals surface area contributed by atoms with Gasteiger partial charge in [0.05, 0.1) is 15.4 Å². The number of sulfonamides is 1. The number of H-pyrrole nitrogens is 1. The quantitative estimate of drug-likeness (QED) is 0.842. The molecule has 2 rings (SSSR count). The molecule has 2 heterocycles. The Hall–Kier alpha value is -0.190. The monoisotopic (exact) mass is 388 g/mol. The molecule has 10 heteroatoms. The zero-order valence-corrected chi connectivity index (χ0v) is 13.4. The van der Waals surface area contributed by atoms with Gasteiger partial charge in [0.15, 0.2) is 0 Å². The summed E-state index contributed by atoms with van der Waals surface area (Å²) < 4.78 is 26.9. The molecule has 0 radical (unpaired) electrons. The fraction of sp³-hybridized carbons (Fsp3) is 0.125. The molecule has 98 valence electrons. The highest BCUT2D eigenvalue weighted by Gasteiger charge is 2.18. The van der Waals surface area contributed by atoms with Crippen molar-refractivity contribution in [2.24, 2.45) is 0 Å². The Balaban J connectivity index is 2.15. The number of hydrogen-bond donors (Lipinski definition) is 2. The van der Waals surface area contributed by atoms with Gasteiger partial charge in [-0.25, -0.2) is 13.1 Å². The van der Waals surface area contributed by atoms with Crippen LogP contribution in [0.25, 0.3) is 0 Å². The molecule has 0 saturated heterocycles. The summed E-state index contributed by atoms with van der Waals surface area (Å²) in [5, 5.41) is 1.92. The summed E-state index contributed by atoms with van der Waals surface area (Å²) in [6.45, 7) is 0.0359. The molecule has 2 aromatic rings. The van der Waals surface area contributed by atoms with Crippen LogP contribution in [0.2, 0.25) is 5.02 Å². The SMILES string of the molecule is O=c1[nH]c(CNS(=O)(=O)c2cc(Cl)c(Br)s2)cs1. The Kier molecular flexibility index (Phi) is 4.29. The average Bonchev–Trinajstić information content (AvgIpc) is 2.84. The Morgan fingerprint density at radius 2 is 2.22 bits per heavy atom. The van der Waals surface area contributed by atoms with Crippen LogP contribution >= 0.6 is 50.2 Å². The lowest BCUT2D eigenvalue weighted by Crippen LogP contribution is -2.22. The predicted octanol–water partition coefficient (Wildman–Crippen LogP) is 2.39. The molecule has 0 bridgehead atoms. The molecular formula is C8H6BrClN2O3S3. The molecule has 18 heavy (non-hydrogen) atoms.